The maximum Gasteiger partial charge on any atom is 0.410 e. The number of nitriles is 1. The Labute approximate surface area is 171 Å². The van der Waals surface area contributed by atoms with Gasteiger partial charge in [0.2, 0.25) is 5.91 Å². The van der Waals surface area contributed by atoms with Gasteiger partial charge in [-0.25, -0.2) is 4.79 Å². The molecule has 0 spiro atoms. The van der Waals surface area contributed by atoms with Crippen LogP contribution in [-0.2, 0) is 16.0 Å². The van der Waals surface area contributed by atoms with Crippen molar-refractivity contribution in [3.05, 3.63) is 29.3 Å². The zero-order valence-corrected chi connectivity index (χ0v) is 17.4. The minimum absolute atomic E-state index is 0.266. The third kappa shape index (κ3) is 3.75. The van der Waals surface area contributed by atoms with Crippen molar-refractivity contribution in [3.63, 3.8) is 0 Å². The van der Waals surface area contributed by atoms with E-state index >= 15 is 0 Å². The number of rotatable bonds is 2. The van der Waals surface area contributed by atoms with Gasteiger partial charge in [0.25, 0.3) is 0 Å². The van der Waals surface area contributed by atoms with Gasteiger partial charge in [0, 0.05) is 32.4 Å². The predicted octanol–water partition coefficient (Wildman–Crippen LogP) is 1.26. The number of nitrogens with one attached hydrogen (secondary N) is 1. The van der Waals surface area contributed by atoms with Crippen molar-refractivity contribution in [1.82, 2.24) is 10.2 Å². The minimum atomic E-state index is -1.13. The van der Waals surface area contributed by atoms with Crippen LogP contribution in [0.2, 0.25) is 0 Å². The maximum absolute atomic E-state index is 12.9. The molecule has 2 aliphatic rings. The molecular formula is C21H28N4O4. The van der Waals surface area contributed by atoms with Gasteiger partial charge in [-0.3, -0.25) is 4.79 Å². The Hall–Kier alpha value is -2.79. The largest absolute Gasteiger partial charge is 0.444 e. The molecule has 8 heteroatoms. The first-order valence-electron chi connectivity index (χ1n) is 9.76. The van der Waals surface area contributed by atoms with E-state index in [1.807, 2.05) is 26.8 Å². The molecule has 0 saturated carbocycles. The molecule has 0 radical (unpaired) electrons. The predicted molar refractivity (Wildman–Crippen MR) is 107 cm³/mol. The van der Waals surface area contributed by atoms with Crippen LogP contribution in [0.4, 0.5) is 10.5 Å². The zero-order valence-electron chi connectivity index (χ0n) is 17.4. The maximum atomic E-state index is 12.9. The highest BCUT2D eigenvalue weighted by Crippen LogP contribution is 2.43. The second kappa shape index (κ2) is 7.56. The van der Waals surface area contributed by atoms with Crippen LogP contribution in [0, 0.1) is 16.7 Å². The summed E-state index contributed by atoms with van der Waals surface area (Å²) >= 11 is 0. The van der Waals surface area contributed by atoms with Gasteiger partial charge in [-0.2, -0.15) is 5.26 Å². The van der Waals surface area contributed by atoms with Crippen LogP contribution in [0.5, 0.6) is 0 Å². The normalized spacial score (nSPS) is 23.5. The highest BCUT2D eigenvalue weighted by molar-refractivity contribution is 5.86. The lowest BCUT2D eigenvalue weighted by atomic mass is 9.70. The van der Waals surface area contributed by atoms with Crippen LogP contribution in [0.25, 0.3) is 0 Å². The van der Waals surface area contributed by atoms with Crippen LogP contribution in [0.15, 0.2) is 18.2 Å². The molecule has 0 aromatic heterocycles. The van der Waals surface area contributed by atoms with E-state index in [0.29, 0.717) is 18.7 Å². The van der Waals surface area contributed by atoms with Gasteiger partial charge in [-0.15, -0.1) is 0 Å². The SMILES string of the molecule is CNC(=O)C1(CO)Cc2cc(C#N)ccc2N2CCN(C(=O)OC(C)(C)C)CC21. The van der Waals surface area contributed by atoms with Crippen molar-refractivity contribution in [3.8, 4) is 6.07 Å². The molecule has 2 N–H and O–H groups in total. The Morgan fingerprint density at radius 3 is 2.69 bits per heavy atom. The average molecular weight is 400 g/mol. The first-order valence-corrected chi connectivity index (χ1v) is 9.76. The van der Waals surface area contributed by atoms with E-state index in [9.17, 15) is 20.0 Å². The van der Waals surface area contributed by atoms with Crippen molar-refractivity contribution >= 4 is 17.7 Å². The smallest absolute Gasteiger partial charge is 0.410 e. The lowest BCUT2D eigenvalue weighted by Gasteiger charge is -2.53. The minimum Gasteiger partial charge on any atom is -0.444 e. The number of piperazine rings is 1. The molecule has 2 aliphatic heterocycles. The summed E-state index contributed by atoms with van der Waals surface area (Å²) in [6.07, 6.45) is -0.135. The lowest BCUT2D eigenvalue weighted by Crippen LogP contribution is -2.68. The van der Waals surface area contributed by atoms with Gasteiger partial charge in [0.15, 0.2) is 0 Å². The molecule has 2 unspecified atom stereocenters. The fraction of sp³-hybridized carbons (Fsp3) is 0.571. The van der Waals surface area contributed by atoms with Crippen molar-refractivity contribution in [2.45, 2.75) is 38.8 Å². The second-order valence-corrected chi connectivity index (χ2v) is 8.66. The van der Waals surface area contributed by atoms with Crippen molar-refractivity contribution in [1.29, 1.82) is 5.26 Å². The summed E-state index contributed by atoms with van der Waals surface area (Å²) in [5.41, 5.74) is 0.555. The molecule has 2 atom stereocenters. The van der Waals surface area contributed by atoms with Gasteiger partial charge < -0.3 is 25.0 Å². The number of amides is 2. The second-order valence-electron chi connectivity index (χ2n) is 8.66. The highest BCUT2D eigenvalue weighted by Gasteiger charge is 2.53. The fourth-order valence-corrected chi connectivity index (χ4v) is 4.28. The van der Waals surface area contributed by atoms with Gasteiger partial charge in [-0.05, 0) is 51.0 Å². The van der Waals surface area contributed by atoms with E-state index in [-0.39, 0.29) is 25.5 Å². The van der Waals surface area contributed by atoms with Crippen molar-refractivity contribution in [2.75, 3.05) is 38.2 Å². The summed E-state index contributed by atoms with van der Waals surface area (Å²) in [5.74, 6) is -0.283. The molecule has 3 rings (SSSR count). The van der Waals surface area contributed by atoms with E-state index in [1.54, 1.807) is 24.1 Å². The van der Waals surface area contributed by atoms with E-state index in [4.69, 9.17) is 4.74 Å². The molecule has 1 saturated heterocycles. The number of anilines is 1. The number of aliphatic hydroxyl groups excluding tert-OH is 1. The number of hydrogen-bond acceptors (Lipinski definition) is 6. The van der Waals surface area contributed by atoms with Gasteiger partial charge >= 0.3 is 6.09 Å². The molecule has 29 heavy (non-hydrogen) atoms. The van der Waals surface area contributed by atoms with E-state index in [1.165, 1.54) is 0 Å². The molecule has 1 fully saturated rings. The average Bonchev–Trinajstić information content (AvgIpc) is 2.70. The molecule has 2 amide bonds. The van der Waals surface area contributed by atoms with Crippen LogP contribution in [0.3, 0.4) is 0 Å². The Balaban J connectivity index is 2.01. The number of nitrogens with zero attached hydrogens (tertiary/aromatic N) is 3. The highest BCUT2D eigenvalue weighted by atomic mass is 16.6. The van der Waals surface area contributed by atoms with Gasteiger partial charge in [-0.1, -0.05) is 0 Å². The first kappa shape index (κ1) is 20.9. The quantitative estimate of drug-likeness (QED) is 0.774. The molecule has 1 aromatic rings. The number of aliphatic hydroxyl groups is 1. The third-order valence-electron chi connectivity index (χ3n) is 5.66. The molecule has 0 bridgehead atoms. The summed E-state index contributed by atoms with van der Waals surface area (Å²) in [4.78, 5) is 29.3. The van der Waals surface area contributed by atoms with Crippen molar-refractivity contribution < 1.29 is 19.4 Å². The van der Waals surface area contributed by atoms with Crippen LogP contribution in [-0.4, -0.2) is 66.9 Å². The summed E-state index contributed by atoms with van der Waals surface area (Å²) < 4.78 is 5.51. The summed E-state index contributed by atoms with van der Waals surface area (Å²) in [6, 6.07) is 7.14. The molecule has 2 heterocycles. The molecule has 1 aromatic carbocycles. The topological polar surface area (TPSA) is 106 Å². The standard InChI is InChI=1S/C21H28N4O4/c1-20(2,3)29-19(28)24-7-8-25-16-6-5-14(11-22)9-15(16)10-21(13-26,17(25)12-24)18(27)23-4/h5-6,9,17,26H,7-8,10,12-13H2,1-4H3,(H,23,27). The Kier molecular flexibility index (Phi) is 5.46. The summed E-state index contributed by atoms with van der Waals surface area (Å²) in [5, 5.41) is 22.3. The Morgan fingerprint density at radius 1 is 1.38 bits per heavy atom. The van der Waals surface area contributed by atoms with Crippen LogP contribution < -0.4 is 10.2 Å². The Morgan fingerprint density at radius 2 is 2.10 bits per heavy atom. The molecule has 8 nitrogen and oxygen atoms in total. The van der Waals surface area contributed by atoms with E-state index in [0.717, 1.165) is 11.3 Å². The number of benzene rings is 1. The lowest BCUT2D eigenvalue weighted by molar-refractivity contribution is -0.135. The number of carbonyl (C=O) groups is 2. The number of fused-ring (bicyclic) bond motifs is 3. The molecule has 156 valence electrons. The fourth-order valence-electron chi connectivity index (χ4n) is 4.28. The van der Waals surface area contributed by atoms with Gasteiger partial charge in [0.05, 0.1) is 29.7 Å². The number of hydrogen-bond donors (Lipinski definition) is 2. The third-order valence-corrected chi connectivity index (χ3v) is 5.66. The van der Waals surface area contributed by atoms with E-state index in [2.05, 4.69) is 16.3 Å². The van der Waals surface area contributed by atoms with E-state index < -0.39 is 23.2 Å². The molecule has 0 aliphatic carbocycles. The van der Waals surface area contributed by atoms with Gasteiger partial charge in [0.1, 0.15) is 5.60 Å². The van der Waals surface area contributed by atoms with Crippen LogP contribution >= 0.6 is 0 Å². The zero-order chi connectivity index (χ0) is 21.4. The summed E-state index contributed by atoms with van der Waals surface area (Å²) in [7, 11) is 1.54. The van der Waals surface area contributed by atoms with Crippen LogP contribution in [0.1, 0.15) is 31.9 Å². The van der Waals surface area contributed by atoms with Crippen molar-refractivity contribution in [2.24, 2.45) is 5.41 Å². The Bertz CT molecular complexity index is 857. The molecular weight excluding hydrogens is 372 g/mol. The number of carbonyl (C=O) groups excluding carboxylic acids is 2. The monoisotopic (exact) mass is 400 g/mol. The number of ether oxygens (including phenoxy) is 1. The summed E-state index contributed by atoms with van der Waals surface area (Å²) in [6.45, 7) is 6.28. The first-order chi connectivity index (χ1) is 13.6.